The molecule has 0 N–H and O–H groups in total. The van der Waals surface area contributed by atoms with Crippen molar-refractivity contribution in [2.75, 3.05) is 57.8 Å². The van der Waals surface area contributed by atoms with Gasteiger partial charge in [0.1, 0.15) is 5.60 Å². The molecule has 1 amide bonds. The molecule has 3 saturated heterocycles. The van der Waals surface area contributed by atoms with Crippen molar-refractivity contribution in [3.63, 3.8) is 0 Å². The van der Waals surface area contributed by atoms with Crippen LogP contribution in [-0.2, 0) is 4.74 Å². The molecule has 3 aliphatic heterocycles. The molecule has 37 heavy (non-hydrogen) atoms. The van der Waals surface area contributed by atoms with Gasteiger partial charge in [-0.05, 0) is 96.2 Å². The van der Waals surface area contributed by atoms with Crippen LogP contribution in [0.25, 0.3) is 0 Å². The fourth-order valence-electron chi connectivity index (χ4n) is 6.23. The first-order valence-electron chi connectivity index (χ1n) is 13.8. The number of nitro benzene ring substituents is 1. The third-order valence-electron chi connectivity index (χ3n) is 8.56. The molecule has 206 valence electrons. The molecule has 3 aliphatic rings. The van der Waals surface area contributed by atoms with Crippen molar-refractivity contribution in [2.24, 2.45) is 11.3 Å². The van der Waals surface area contributed by atoms with Crippen molar-refractivity contribution >= 4 is 17.5 Å². The Morgan fingerprint density at radius 2 is 1.65 bits per heavy atom. The number of amides is 1. The topological polar surface area (TPSA) is 88.4 Å². The second kappa shape index (κ2) is 11.1. The molecule has 1 aromatic carbocycles. The van der Waals surface area contributed by atoms with Crippen molar-refractivity contribution in [2.45, 2.75) is 71.8 Å². The van der Waals surface area contributed by atoms with Gasteiger partial charge in [0, 0.05) is 50.5 Å². The van der Waals surface area contributed by atoms with Gasteiger partial charge < -0.3 is 24.2 Å². The van der Waals surface area contributed by atoms with E-state index in [-0.39, 0.29) is 16.7 Å². The minimum Gasteiger partial charge on any atom is -0.490 e. The van der Waals surface area contributed by atoms with E-state index in [2.05, 4.69) is 9.80 Å². The van der Waals surface area contributed by atoms with Crippen LogP contribution in [0.5, 0.6) is 5.75 Å². The van der Waals surface area contributed by atoms with Crippen LogP contribution in [-0.4, -0.2) is 79.3 Å². The first-order chi connectivity index (χ1) is 17.5. The predicted molar refractivity (Wildman–Crippen MR) is 144 cm³/mol. The smallest absolute Gasteiger partial charge is 0.410 e. The normalized spacial score (nSPS) is 21.2. The molecule has 0 saturated carbocycles. The number of ether oxygens (including phenoxy) is 2. The van der Waals surface area contributed by atoms with Gasteiger partial charge in [-0.3, -0.25) is 10.1 Å². The van der Waals surface area contributed by atoms with E-state index >= 15 is 0 Å². The minimum absolute atomic E-state index is 0.0279. The molecule has 0 unspecified atom stereocenters. The van der Waals surface area contributed by atoms with Gasteiger partial charge in [0.25, 0.3) is 0 Å². The third-order valence-corrected chi connectivity index (χ3v) is 8.56. The number of likely N-dealkylation sites (tertiary alicyclic amines) is 2. The van der Waals surface area contributed by atoms with Gasteiger partial charge >= 0.3 is 11.8 Å². The summed E-state index contributed by atoms with van der Waals surface area (Å²) in [6.45, 7) is 14.7. The Morgan fingerprint density at radius 1 is 1.05 bits per heavy atom. The number of aryl methyl sites for hydroxylation is 1. The monoisotopic (exact) mass is 516 g/mol. The standard InChI is InChI=1S/C28H44N4O5/c1-21-18-24(32(34)35)25(36-5)19-23(21)30-16-10-28(11-17-30)8-14-29(15-9-28)20-22-6-12-31(13-7-22)26(33)37-27(2,3)4/h18-19,22H,6-17,20H2,1-5H3. The second-order valence-corrected chi connectivity index (χ2v) is 12.3. The SMILES string of the molecule is COc1cc(N2CCC3(CCN(CC4CCN(C(=O)OC(C)(C)C)CC4)CC3)CC2)c(C)cc1[N+](=O)[O-]. The number of hydrogen-bond acceptors (Lipinski definition) is 7. The average Bonchev–Trinajstić information content (AvgIpc) is 2.85. The van der Waals surface area contributed by atoms with Gasteiger partial charge in [-0.2, -0.15) is 0 Å². The first-order valence-corrected chi connectivity index (χ1v) is 13.8. The Hall–Kier alpha value is -2.55. The zero-order chi connectivity index (χ0) is 26.8. The molecule has 0 aliphatic carbocycles. The van der Waals surface area contributed by atoms with E-state index in [4.69, 9.17) is 9.47 Å². The van der Waals surface area contributed by atoms with Gasteiger partial charge in [0.15, 0.2) is 5.75 Å². The molecule has 0 radical (unpaired) electrons. The van der Waals surface area contributed by atoms with Gasteiger partial charge in [-0.25, -0.2) is 4.79 Å². The Bertz CT molecular complexity index is 966. The number of rotatable bonds is 5. The van der Waals surface area contributed by atoms with E-state index in [0.29, 0.717) is 17.1 Å². The third kappa shape index (κ3) is 6.67. The molecule has 0 bridgehead atoms. The highest BCUT2D eigenvalue weighted by Crippen LogP contribution is 2.44. The molecule has 9 heteroatoms. The highest BCUT2D eigenvalue weighted by molar-refractivity contribution is 5.68. The lowest BCUT2D eigenvalue weighted by molar-refractivity contribution is -0.385. The Labute approximate surface area is 221 Å². The predicted octanol–water partition coefficient (Wildman–Crippen LogP) is 5.24. The van der Waals surface area contributed by atoms with Crippen LogP contribution in [0.2, 0.25) is 0 Å². The fraction of sp³-hybridized carbons (Fsp3) is 0.750. The summed E-state index contributed by atoms with van der Waals surface area (Å²) in [6.07, 6.45) is 6.71. The van der Waals surface area contributed by atoms with Crippen LogP contribution in [0.15, 0.2) is 12.1 Å². The van der Waals surface area contributed by atoms with Crippen LogP contribution >= 0.6 is 0 Å². The van der Waals surface area contributed by atoms with E-state index < -0.39 is 5.60 Å². The second-order valence-electron chi connectivity index (χ2n) is 12.3. The molecule has 3 heterocycles. The molecule has 0 aromatic heterocycles. The molecule has 0 atom stereocenters. The highest BCUT2D eigenvalue weighted by atomic mass is 16.6. The number of nitrogens with zero attached hydrogens (tertiary/aromatic N) is 4. The highest BCUT2D eigenvalue weighted by Gasteiger charge is 2.39. The number of nitro groups is 1. The van der Waals surface area contributed by atoms with Gasteiger partial charge in [-0.1, -0.05) is 0 Å². The molecule has 1 spiro atoms. The van der Waals surface area contributed by atoms with Crippen molar-refractivity contribution in [3.05, 3.63) is 27.8 Å². The van der Waals surface area contributed by atoms with E-state index in [1.165, 1.54) is 20.0 Å². The Kier molecular flexibility index (Phi) is 8.21. The van der Waals surface area contributed by atoms with Crippen molar-refractivity contribution in [3.8, 4) is 5.75 Å². The summed E-state index contributed by atoms with van der Waals surface area (Å²) in [5.41, 5.74) is 1.97. The summed E-state index contributed by atoms with van der Waals surface area (Å²) in [5, 5.41) is 11.3. The number of benzene rings is 1. The van der Waals surface area contributed by atoms with Crippen LogP contribution < -0.4 is 9.64 Å². The lowest BCUT2D eigenvalue weighted by atomic mass is 9.71. The van der Waals surface area contributed by atoms with Crippen molar-refractivity contribution in [1.82, 2.24) is 9.80 Å². The summed E-state index contributed by atoms with van der Waals surface area (Å²) < 4.78 is 10.8. The number of piperidine rings is 3. The number of carbonyl (C=O) groups excluding carboxylic acids is 1. The largest absolute Gasteiger partial charge is 0.490 e. The van der Waals surface area contributed by atoms with Crippen LogP contribution in [0.4, 0.5) is 16.2 Å². The van der Waals surface area contributed by atoms with Crippen molar-refractivity contribution in [1.29, 1.82) is 0 Å². The van der Waals surface area contributed by atoms with E-state index in [0.717, 1.165) is 82.7 Å². The molecule has 4 rings (SSSR count). The van der Waals surface area contributed by atoms with Gasteiger partial charge in [0.05, 0.1) is 12.0 Å². The Balaban J connectivity index is 1.23. The molecule has 9 nitrogen and oxygen atoms in total. The number of carbonyl (C=O) groups is 1. The lowest BCUT2D eigenvalue weighted by Gasteiger charge is -2.48. The quantitative estimate of drug-likeness (QED) is 0.390. The number of methoxy groups -OCH3 is 1. The molecular formula is C28H44N4O5. The maximum Gasteiger partial charge on any atom is 0.410 e. The summed E-state index contributed by atoms with van der Waals surface area (Å²) >= 11 is 0. The zero-order valence-electron chi connectivity index (χ0n) is 23.3. The van der Waals surface area contributed by atoms with E-state index in [9.17, 15) is 14.9 Å². The number of anilines is 1. The molecule has 1 aromatic rings. The average molecular weight is 517 g/mol. The van der Waals surface area contributed by atoms with Gasteiger partial charge in [-0.15, -0.1) is 0 Å². The lowest BCUT2D eigenvalue weighted by Crippen LogP contribution is -2.49. The van der Waals surface area contributed by atoms with Crippen molar-refractivity contribution < 1.29 is 19.2 Å². The maximum absolute atomic E-state index is 12.3. The van der Waals surface area contributed by atoms with Crippen LogP contribution in [0, 0.1) is 28.4 Å². The summed E-state index contributed by atoms with van der Waals surface area (Å²) in [4.78, 5) is 30.2. The van der Waals surface area contributed by atoms with Crippen LogP contribution in [0.1, 0.15) is 64.9 Å². The van der Waals surface area contributed by atoms with E-state index in [1.54, 1.807) is 6.07 Å². The zero-order valence-corrected chi connectivity index (χ0v) is 23.3. The van der Waals surface area contributed by atoms with Crippen LogP contribution in [0.3, 0.4) is 0 Å². The maximum atomic E-state index is 12.3. The summed E-state index contributed by atoms with van der Waals surface area (Å²) in [5.74, 6) is 0.978. The first kappa shape index (κ1) is 27.5. The Morgan fingerprint density at radius 3 is 2.19 bits per heavy atom. The number of hydrogen-bond donors (Lipinski definition) is 0. The fourth-order valence-corrected chi connectivity index (χ4v) is 6.23. The van der Waals surface area contributed by atoms with E-state index in [1.807, 2.05) is 38.7 Å². The van der Waals surface area contributed by atoms with Gasteiger partial charge in [0.2, 0.25) is 0 Å². The molecular weight excluding hydrogens is 472 g/mol. The summed E-state index contributed by atoms with van der Waals surface area (Å²) in [6, 6.07) is 3.47. The minimum atomic E-state index is -0.443. The molecule has 3 fully saturated rings. The summed E-state index contributed by atoms with van der Waals surface area (Å²) in [7, 11) is 1.49.